The Morgan fingerprint density at radius 2 is 1.76 bits per heavy atom. The topological polar surface area (TPSA) is 164 Å². The summed E-state index contributed by atoms with van der Waals surface area (Å²) < 4.78 is 17.9. The summed E-state index contributed by atoms with van der Waals surface area (Å²) in [7, 11) is 0. The Bertz CT molecular complexity index is 923. The van der Waals surface area contributed by atoms with Gasteiger partial charge in [0.25, 0.3) is 0 Å². The fourth-order valence-corrected chi connectivity index (χ4v) is 5.30. The van der Waals surface area contributed by atoms with E-state index in [1.54, 1.807) is 26.8 Å². The second kappa shape index (κ2) is 11.2. The lowest BCUT2D eigenvalue weighted by Crippen LogP contribution is -2.55. The van der Waals surface area contributed by atoms with Gasteiger partial charge in [0.15, 0.2) is 5.79 Å². The van der Waals surface area contributed by atoms with E-state index >= 15 is 0 Å². The molecule has 3 fully saturated rings. The minimum atomic E-state index is -1.31. The second-order valence-corrected chi connectivity index (χ2v) is 12.1. The highest BCUT2D eigenvalue weighted by Crippen LogP contribution is 2.59. The Morgan fingerprint density at radius 3 is 2.29 bits per heavy atom. The number of nitrogens with one attached hydrogen (secondary N) is 2. The second-order valence-electron chi connectivity index (χ2n) is 12.1. The Labute approximate surface area is 223 Å². The van der Waals surface area contributed by atoms with Crippen LogP contribution in [0.25, 0.3) is 0 Å². The maximum atomic E-state index is 13.1. The Balaban J connectivity index is 1.36. The zero-order valence-corrected chi connectivity index (χ0v) is 22.6. The first kappa shape index (κ1) is 28.9. The molecule has 0 radical (unpaired) electrons. The van der Waals surface area contributed by atoms with Crippen LogP contribution in [0.4, 0.5) is 0 Å². The van der Waals surface area contributed by atoms with E-state index in [4.69, 9.17) is 14.2 Å². The molecule has 5 N–H and O–H groups in total. The van der Waals surface area contributed by atoms with Crippen molar-refractivity contribution in [2.75, 3.05) is 6.61 Å². The SMILES string of the molecule is CC(O)C(NC(=O)C1=CC2OC(C3CC3)(C3CC3)OC2C(O)C1)C(=O)NC(CO)CCC(=O)OC(C)(C)C. The van der Waals surface area contributed by atoms with Gasteiger partial charge in [-0.1, -0.05) is 0 Å². The molecule has 6 atom stereocenters. The summed E-state index contributed by atoms with van der Waals surface area (Å²) in [6.07, 6.45) is 2.63. The van der Waals surface area contributed by atoms with Gasteiger partial charge >= 0.3 is 5.97 Å². The molecule has 0 aromatic heterocycles. The van der Waals surface area contributed by atoms with Crippen molar-refractivity contribution < 1.29 is 43.9 Å². The van der Waals surface area contributed by atoms with E-state index in [1.165, 1.54) is 6.92 Å². The molecule has 38 heavy (non-hydrogen) atoms. The normalized spacial score (nSPS) is 28.9. The van der Waals surface area contributed by atoms with Gasteiger partial charge in [-0.3, -0.25) is 14.4 Å². The van der Waals surface area contributed by atoms with E-state index in [1.807, 2.05) is 0 Å². The number of hydrogen-bond donors (Lipinski definition) is 5. The number of aliphatic hydroxyl groups excluding tert-OH is 3. The first-order valence-electron chi connectivity index (χ1n) is 13.7. The lowest BCUT2D eigenvalue weighted by atomic mass is 9.91. The number of carbonyl (C=O) groups excluding carboxylic acids is 3. The molecule has 0 aromatic carbocycles. The van der Waals surface area contributed by atoms with E-state index in [9.17, 15) is 29.7 Å². The van der Waals surface area contributed by atoms with Gasteiger partial charge in [-0.2, -0.15) is 0 Å². The maximum absolute atomic E-state index is 13.1. The summed E-state index contributed by atoms with van der Waals surface area (Å²) in [6, 6.07) is -2.08. The average Bonchev–Trinajstić information content (AvgIpc) is 3.75. The van der Waals surface area contributed by atoms with Gasteiger partial charge < -0.3 is 40.2 Å². The molecule has 4 aliphatic rings. The zero-order valence-electron chi connectivity index (χ0n) is 22.6. The van der Waals surface area contributed by atoms with Crippen LogP contribution in [0.1, 0.15) is 72.6 Å². The molecule has 2 saturated carbocycles. The lowest BCUT2D eigenvalue weighted by molar-refractivity contribution is -0.209. The van der Waals surface area contributed by atoms with Crippen LogP contribution in [0.5, 0.6) is 0 Å². The van der Waals surface area contributed by atoms with Crippen LogP contribution in [-0.4, -0.2) is 87.6 Å². The maximum Gasteiger partial charge on any atom is 0.306 e. The molecule has 1 aliphatic heterocycles. The average molecular weight is 539 g/mol. The first-order chi connectivity index (χ1) is 17.8. The van der Waals surface area contributed by atoms with Crippen molar-refractivity contribution in [2.24, 2.45) is 11.8 Å². The molecule has 2 amide bonds. The molecule has 0 aromatic rings. The minimum absolute atomic E-state index is 0.0207. The molecule has 4 rings (SSSR count). The highest BCUT2D eigenvalue weighted by Gasteiger charge is 2.64. The Morgan fingerprint density at radius 1 is 1.13 bits per heavy atom. The number of aliphatic hydroxyl groups is 3. The molecule has 11 heteroatoms. The van der Waals surface area contributed by atoms with Gasteiger partial charge in [0.2, 0.25) is 11.8 Å². The summed E-state index contributed by atoms with van der Waals surface area (Å²) >= 11 is 0. The molecule has 11 nitrogen and oxygen atoms in total. The van der Waals surface area contributed by atoms with Crippen molar-refractivity contribution in [1.82, 2.24) is 10.6 Å². The molecule has 1 heterocycles. The highest BCUT2D eigenvalue weighted by molar-refractivity contribution is 5.97. The van der Waals surface area contributed by atoms with Gasteiger partial charge in [-0.15, -0.1) is 0 Å². The van der Waals surface area contributed by atoms with Crippen LogP contribution < -0.4 is 10.6 Å². The zero-order chi connectivity index (χ0) is 27.8. The van der Waals surface area contributed by atoms with Crippen LogP contribution >= 0.6 is 0 Å². The molecule has 214 valence electrons. The van der Waals surface area contributed by atoms with Gasteiger partial charge in [-0.05, 0) is 65.9 Å². The fourth-order valence-electron chi connectivity index (χ4n) is 5.30. The van der Waals surface area contributed by atoms with Crippen molar-refractivity contribution in [3.8, 4) is 0 Å². The van der Waals surface area contributed by atoms with Crippen molar-refractivity contribution in [1.29, 1.82) is 0 Å². The van der Waals surface area contributed by atoms with Crippen LogP contribution in [0.15, 0.2) is 11.6 Å². The molecule has 3 aliphatic carbocycles. The number of fused-ring (bicyclic) bond motifs is 1. The molecular formula is C27H42N2O9. The van der Waals surface area contributed by atoms with Crippen molar-refractivity contribution in [3.63, 3.8) is 0 Å². The van der Waals surface area contributed by atoms with Crippen molar-refractivity contribution >= 4 is 17.8 Å². The number of rotatable bonds is 11. The van der Waals surface area contributed by atoms with Gasteiger partial charge in [0, 0.05) is 30.3 Å². The Hall–Kier alpha value is -2.05. The van der Waals surface area contributed by atoms with Gasteiger partial charge in [0.1, 0.15) is 23.9 Å². The molecule has 6 unspecified atom stereocenters. The summed E-state index contributed by atoms with van der Waals surface area (Å²) in [5, 5.41) is 35.9. The monoisotopic (exact) mass is 538 g/mol. The third-order valence-electron chi connectivity index (χ3n) is 7.46. The molecule has 0 spiro atoms. The fraction of sp³-hybridized carbons (Fsp3) is 0.815. The number of ether oxygens (including phenoxy) is 3. The smallest absolute Gasteiger partial charge is 0.306 e. The Kier molecular flexibility index (Phi) is 8.54. The number of esters is 1. The molecule has 0 bridgehead atoms. The van der Waals surface area contributed by atoms with Crippen LogP contribution in [0, 0.1) is 11.8 Å². The lowest BCUT2D eigenvalue weighted by Gasteiger charge is -2.29. The summed E-state index contributed by atoms with van der Waals surface area (Å²) in [5.74, 6) is -1.81. The largest absolute Gasteiger partial charge is 0.460 e. The van der Waals surface area contributed by atoms with E-state index in [-0.39, 0.29) is 24.8 Å². The summed E-state index contributed by atoms with van der Waals surface area (Å²) in [4.78, 5) is 38.0. The first-order valence-corrected chi connectivity index (χ1v) is 13.7. The number of hydrogen-bond acceptors (Lipinski definition) is 9. The van der Waals surface area contributed by atoms with Crippen LogP contribution in [0.3, 0.4) is 0 Å². The predicted molar refractivity (Wildman–Crippen MR) is 134 cm³/mol. The number of carbonyl (C=O) groups is 3. The van der Waals surface area contributed by atoms with E-state index in [2.05, 4.69) is 10.6 Å². The quantitative estimate of drug-likeness (QED) is 0.235. The van der Waals surface area contributed by atoms with Crippen molar-refractivity contribution in [2.45, 2.75) is 121 Å². The van der Waals surface area contributed by atoms with Crippen LogP contribution in [-0.2, 0) is 28.6 Å². The van der Waals surface area contributed by atoms with E-state index in [0.717, 1.165) is 25.7 Å². The third-order valence-corrected chi connectivity index (χ3v) is 7.46. The van der Waals surface area contributed by atoms with Gasteiger partial charge in [0.05, 0.1) is 24.9 Å². The van der Waals surface area contributed by atoms with E-state index in [0.29, 0.717) is 11.8 Å². The molecular weight excluding hydrogens is 496 g/mol. The van der Waals surface area contributed by atoms with Crippen LogP contribution in [0.2, 0.25) is 0 Å². The van der Waals surface area contributed by atoms with Crippen molar-refractivity contribution in [3.05, 3.63) is 11.6 Å². The van der Waals surface area contributed by atoms with E-state index < -0.39 is 72.3 Å². The van der Waals surface area contributed by atoms with Gasteiger partial charge in [-0.25, -0.2) is 0 Å². The standard InChI is InChI=1S/C27H42N2O9/c1-14(31)22(25(35)28-18(13-30)9-10-21(33)37-26(2,3)4)29-24(34)15-11-19(32)23-20(12-15)36-27(38-23,16-5-6-16)17-7-8-17/h12,14,16-20,22-23,30-32H,5-11,13H2,1-4H3,(H,28,35)(H,29,34). The minimum Gasteiger partial charge on any atom is -0.460 e. The summed E-state index contributed by atoms with van der Waals surface area (Å²) in [5.41, 5.74) is -0.391. The number of amides is 2. The molecule has 1 saturated heterocycles. The predicted octanol–water partition coefficient (Wildman–Crippen LogP) is 0.442. The summed E-state index contributed by atoms with van der Waals surface area (Å²) in [6.45, 7) is 6.17. The third kappa shape index (κ3) is 6.74. The highest BCUT2D eigenvalue weighted by atomic mass is 16.8.